The van der Waals surface area contributed by atoms with Gasteiger partial charge in [0.25, 0.3) is 5.91 Å². The number of aromatic nitrogens is 2. The Morgan fingerprint density at radius 2 is 2.09 bits per heavy atom. The number of halogens is 1. The van der Waals surface area contributed by atoms with Crippen LogP contribution in [-0.4, -0.2) is 34.8 Å². The summed E-state index contributed by atoms with van der Waals surface area (Å²) in [6.07, 6.45) is 1.09. The Morgan fingerprint density at radius 1 is 1.35 bits per heavy atom. The number of nitrogens with zero attached hydrogens (tertiary/aromatic N) is 2. The van der Waals surface area contributed by atoms with Crippen molar-refractivity contribution in [2.75, 3.05) is 13.1 Å². The van der Waals surface area contributed by atoms with E-state index in [2.05, 4.69) is 22.7 Å². The number of aryl methyl sites for hydroxylation is 1. The maximum Gasteiger partial charge on any atom is 0.272 e. The van der Waals surface area contributed by atoms with Crippen LogP contribution in [0.4, 0.5) is 0 Å². The number of rotatable bonds is 3. The summed E-state index contributed by atoms with van der Waals surface area (Å²) in [6.45, 7) is 5.99. The third-order valence-electron chi connectivity index (χ3n) is 4.26. The molecule has 1 aromatic heterocycles. The van der Waals surface area contributed by atoms with Crippen molar-refractivity contribution in [1.29, 1.82) is 0 Å². The predicted molar refractivity (Wildman–Crippen MR) is 93.5 cm³/mol. The molecular weight excluding hydrogens is 312 g/mol. The Kier molecular flexibility index (Phi) is 5.80. The highest BCUT2D eigenvalue weighted by molar-refractivity contribution is 5.92. The molecule has 1 aliphatic rings. The minimum Gasteiger partial charge on any atom is -0.346 e. The summed E-state index contributed by atoms with van der Waals surface area (Å²) in [4.78, 5) is 12.4. The van der Waals surface area contributed by atoms with Gasteiger partial charge in [0.05, 0.1) is 5.69 Å². The van der Waals surface area contributed by atoms with E-state index < -0.39 is 0 Å². The molecule has 124 valence electrons. The molecular formula is C17H23ClN4O. The van der Waals surface area contributed by atoms with Gasteiger partial charge >= 0.3 is 0 Å². The summed E-state index contributed by atoms with van der Waals surface area (Å²) < 4.78 is 1.80. The summed E-state index contributed by atoms with van der Waals surface area (Å²) in [6, 6.07) is 11.9. The number of benzene rings is 1. The van der Waals surface area contributed by atoms with E-state index in [0.717, 1.165) is 30.9 Å². The molecule has 2 aromatic rings. The Hall–Kier alpha value is -1.85. The van der Waals surface area contributed by atoms with Crippen molar-refractivity contribution in [3.05, 3.63) is 47.8 Å². The molecule has 0 aliphatic carbocycles. The van der Waals surface area contributed by atoms with E-state index >= 15 is 0 Å². The molecule has 1 fully saturated rings. The van der Waals surface area contributed by atoms with Crippen molar-refractivity contribution in [2.24, 2.45) is 5.92 Å². The highest BCUT2D eigenvalue weighted by Crippen LogP contribution is 2.14. The van der Waals surface area contributed by atoms with Crippen LogP contribution < -0.4 is 10.6 Å². The summed E-state index contributed by atoms with van der Waals surface area (Å²) in [7, 11) is 0. The normalized spacial score (nSPS) is 20.6. The van der Waals surface area contributed by atoms with Crippen LogP contribution in [-0.2, 0) is 0 Å². The quantitative estimate of drug-likeness (QED) is 0.905. The fourth-order valence-electron chi connectivity index (χ4n) is 2.84. The Bertz CT molecular complexity index is 656. The standard InChI is InChI=1S/C17H22N4O.ClH/c1-12-8-9-18-11-16(12)19-17(22)15-10-13(2)21(20-15)14-6-4-3-5-7-14;/h3-7,10,12,16,18H,8-9,11H2,1-2H3,(H,19,22);1H. The average molecular weight is 335 g/mol. The number of hydrogen-bond donors (Lipinski definition) is 2. The SMILES string of the molecule is Cc1cc(C(=O)NC2CNCCC2C)nn1-c1ccccc1.Cl. The van der Waals surface area contributed by atoms with E-state index in [4.69, 9.17) is 0 Å². The molecule has 3 rings (SSSR count). The summed E-state index contributed by atoms with van der Waals surface area (Å²) in [5.41, 5.74) is 2.39. The summed E-state index contributed by atoms with van der Waals surface area (Å²) in [5, 5.41) is 10.9. The predicted octanol–water partition coefficient (Wildman–Crippen LogP) is 2.33. The molecule has 1 saturated heterocycles. The second-order valence-electron chi connectivity index (χ2n) is 5.97. The van der Waals surface area contributed by atoms with Gasteiger partial charge in [0, 0.05) is 18.3 Å². The first-order chi connectivity index (χ1) is 10.6. The van der Waals surface area contributed by atoms with Crippen LogP contribution in [0.1, 0.15) is 29.5 Å². The second kappa shape index (κ2) is 7.62. The van der Waals surface area contributed by atoms with Gasteiger partial charge in [0.15, 0.2) is 5.69 Å². The minimum atomic E-state index is -0.0988. The molecule has 23 heavy (non-hydrogen) atoms. The van der Waals surface area contributed by atoms with Gasteiger partial charge in [0.2, 0.25) is 0 Å². The molecule has 0 bridgehead atoms. The van der Waals surface area contributed by atoms with Gasteiger partial charge in [-0.05, 0) is 44.0 Å². The Labute approximate surface area is 142 Å². The largest absolute Gasteiger partial charge is 0.346 e. The third-order valence-corrected chi connectivity index (χ3v) is 4.26. The number of carbonyl (C=O) groups excluding carboxylic acids is 1. The first kappa shape index (κ1) is 17.5. The zero-order valence-electron chi connectivity index (χ0n) is 13.5. The van der Waals surface area contributed by atoms with Crippen LogP contribution in [0.3, 0.4) is 0 Å². The summed E-state index contributed by atoms with van der Waals surface area (Å²) in [5.74, 6) is 0.390. The topological polar surface area (TPSA) is 59.0 Å². The second-order valence-corrected chi connectivity index (χ2v) is 5.97. The maximum atomic E-state index is 12.4. The van der Waals surface area contributed by atoms with Gasteiger partial charge in [-0.2, -0.15) is 5.10 Å². The van der Waals surface area contributed by atoms with Gasteiger partial charge < -0.3 is 10.6 Å². The van der Waals surface area contributed by atoms with Crippen molar-refractivity contribution in [3.63, 3.8) is 0 Å². The lowest BCUT2D eigenvalue weighted by Gasteiger charge is -2.29. The van der Waals surface area contributed by atoms with Gasteiger partial charge in [-0.1, -0.05) is 25.1 Å². The van der Waals surface area contributed by atoms with E-state index in [1.54, 1.807) is 4.68 Å². The Balaban J connectivity index is 0.00000192. The monoisotopic (exact) mass is 334 g/mol. The molecule has 2 unspecified atom stereocenters. The van der Waals surface area contributed by atoms with Gasteiger partial charge in [0.1, 0.15) is 0 Å². The molecule has 2 N–H and O–H groups in total. The van der Waals surface area contributed by atoms with E-state index in [0.29, 0.717) is 11.6 Å². The smallest absolute Gasteiger partial charge is 0.272 e. The third kappa shape index (κ3) is 3.92. The number of nitrogens with one attached hydrogen (secondary N) is 2. The summed E-state index contributed by atoms with van der Waals surface area (Å²) >= 11 is 0. The minimum absolute atomic E-state index is 0. The lowest BCUT2D eigenvalue weighted by Crippen LogP contribution is -2.50. The molecule has 2 atom stereocenters. The number of piperidine rings is 1. The first-order valence-corrected chi connectivity index (χ1v) is 7.79. The molecule has 2 heterocycles. The van der Waals surface area contributed by atoms with Crippen molar-refractivity contribution in [3.8, 4) is 5.69 Å². The average Bonchev–Trinajstić information content (AvgIpc) is 2.92. The van der Waals surface area contributed by atoms with E-state index in [-0.39, 0.29) is 24.4 Å². The number of hydrogen-bond acceptors (Lipinski definition) is 3. The van der Waals surface area contributed by atoms with Crippen LogP contribution in [0.15, 0.2) is 36.4 Å². The van der Waals surface area contributed by atoms with Crippen LogP contribution in [0, 0.1) is 12.8 Å². The van der Waals surface area contributed by atoms with E-state index in [1.807, 2.05) is 43.3 Å². The van der Waals surface area contributed by atoms with Crippen LogP contribution in [0.2, 0.25) is 0 Å². The molecule has 1 amide bonds. The number of para-hydroxylation sites is 1. The van der Waals surface area contributed by atoms with Crippen molar-refractivity contribution in [1.82, 2.24) is 20.4 Å². The zero-order valence-corrected chi connectivity index (χ0v) is 14.3. The molecule has 0 radical (unpaired) electrons. The molecule has 1 aromatic carbocycles. The lowest BCUT2D eigenvalue weighted by molar-refractivity contribution is 0.0909. The van der Waals surface area contributed by atoms with Crippen molar-refractivity contribution in [2.45, 2.75) is 26.3 Å². The van der Waals surface area contributed by atoms with Crippen LogP contribution in [0.25, 0.3) is 5.69 Å². The molecule has 5 nitrogen and oxygen atoms in total. The molecule has 0 spiro atoms. The van der Waals surface area contributed by atoms with Gasteiger partial charge in [-0.15, -0.1) is 12.4 Å². The fraction of sp³-hybridized carbons (Fsp3) is 0.412. The van der Waals surface area contributed by atoms with E-state index in [1.165, 1.54) is 0 Å². The maximum absolute atomic E-state index is 12.4. The van der Waals surface area contributed by atoms with E-state index in [9.17, 15) is 4.79 Å². The van der Waals surface area contributed by atoms with Crippen molar-refractivity contribution < 1.29 is 4.79 Å². The molecule has 6 heteroatoms. The van der Waals surface area contributed by atoms with Crippen LogP contribution in [0.5, 0.6) is 0 Å². The molecule has 1 aliphatic heterocycles. The highest BCUT2D eigenvalue weighted by Gasteiger charge is 2.24. The number of amides is 1. The van der Waals surface area contributed by atoms with Crippen LogP contribution >= 0.6 is 12.4 Å². The molecule has 0 saturated carbocycles. The first-order valence-electron chi connectivity index (χ1n) is 7.79. The van der Waals surface area contributed by atoms with Gasteiger partial charge in [-0.25, -0.2) is 4.68 Å². The lowest BCUT2D eigenvalue weighted by atomic mass is 9.95. The highest BCUT2D eigenvalue weighted by atomic mass is 35.5. The number of carbonyl (C=O) groups is 1. The van der Waals surface area contributed by atoms with Crippen molar-refractivity contribution >= 4 is 18.3 Å². The Morgan fingerprint density at radius 3 is 2.78 bits per heavy atom. The zero-order chi connectivity index (χ0) is 15.5. The van der Waals surface area contributed by atoms with Gasteiger partial charge in [-0.3, -0.25) is 4.79 Å². The fourth-order valence-corrected chi connectivity index (χ4v) is 2.84.